The maximum Gasteiger partial charge on any atom is 0.191 e. The summed E-state index contributed by atoms with van der Waals surface area (Å²) in [5.74, 6) is 3.02. The molecule has 32 heavy (non-hydrogen) atoms. The number of hydrogen-bond acceptors (Lipinski definition) is 5. The van der Waals surface area contributed by atoms with Crippen molar-refractivity contribution in [3.8, 4) is 0 Å². The van der Waals surface area contributed by atoms with Crippen LogP contribution < -0.4 is 15.5 Å². The molecule has 0 aliphatic carbocycles. The van der Waals surface area contributed by atoms with Crippen LogP contribution >= 0.6 is 0 Å². The van der Waals surface area contributed by atoms with Crippen LogP contribution in [0, 0.1) is 12.8 Å². The fourth-order valence-corrected chi connectivity index (χ4v) is 3.40. The van der Waals surface area contributed by atoms with E-state index in [-0.39, 0.29) is 6.10 Å². The number of nitrogens with zero attached hydrogens (tertiary/aromatic N) is 5. The normalized spacial score (nSPS) is 12.8. The van der Waals surface area contributed by atoms with Crippen molar-refractivity contribution in [2.75, 3.05) is 38.2 Å². The summed E-state index contributed by atoms with van der Waals surface area (Å²) in [4.78, 5) is 7.01. The van der Waals surface area contributed by atoms with Crippen molar-refractivity contribution < 1.29 is 4.74 Å². The van der Waals surface area contributed by atoms with Crippen molar-refractivity contribution >= 4 is 11.6 Å². The first kappa shape index (κ1) is 25.6. The average Bonchev–Trinajstić information content (AvgIpc) is 3.11. The van der Waals surface area contributed by atoms with Crippen molar-refractivity contribution in [2.24, 2.45) is 18.0 Å². The number of aliphatic imine (C=N–C) groups is 1. The van der Waals surface area contributed by atoms with E-state index in [9.17, 15) is 0 Å². The van der Waals surface area contributed by atoms with Gasteiger partial charge in [-0.05, 0) is 44.7 Å². The Balaban J connectivity index is 1.89. The molecule has 1 aromatic heterocycles. The fraction of sp³-hybridized carbons (Fsp3) is 0.625. The van der Waals surface area contributed by atoms with Crippen LogP contribution in [0.1, 0.15) is 45.3 Å². The van der Waals surface area contributed by atoms with Gasteiger partial charge in [0.05, 0.1) is 6.10 Å². The van der Waals surface area contributed by atoms with Crippen molar-refractivity contribution in [2.45, 2.75) is 53.2 Å². The number of guanidine groups is 1. The number of para-hydroxylation sites is 1. The Bertz CT molecular complexity index is 804. The third kappa shape index (κ3) is 8.49. The summed E-state index contributed by atoms with van der Waals surface area (Å²) in [6.45, 7) is 12.2. The van der Waals surface area contributed by atoms with Crippen molar-refractivity contribution in [1.82, 2.24) is 25.4 Å². The van der Waals surface area contributed by atoms with Crippen LogP contribution in [0.25, 0.3) is 0 Å². The molecule has 0 aliphatic heterocycles. The number of benzene rings is 1. The molecule has 1 aromatic carbocycles. The molecule has 2 aromatic rings. The minimum Gasteiger partial charge on any atom is -0.378 e. The minimum atomic E-state index is 0.245. The first-order valence-corrected chi connectivity index (χ1v) is 11.7. The van der Waals surface area contributed by atoms with Crippen LogP contribution in [0.15, 0.2) is 35.3 Å². The van der Waals surface area contributed by atoms with Gasteiger partial charge in [-0.3, -0.25) is 0 Å². The van der Waals surface area contributed by atoms with Crippen LogP contribution in [-0.2, 0) is 18.3 Å². The highest BCUT2D eigenvalue weighted by atomic mass is 16.5. The summed E-state index contributed by atoms with van der Waals surface area (Å²) in [5.41, 5.74) is 1.23. The third-order valence-electron chi connectivity index (χ3n) is 5.57. The van der Waals surface area contributed by atoms with Gasteiger partial charge in [-0.1, -0.05) is 32.0 Å². The van der Waals surface area contributed by atoms with Crippen molar-refractivity contribution in [3.05, 3.63) is 42.0 Å². The maximum absolute atomic E-state index is 5.87. The number of anilines is 1. The van der Waals surface area contributed by atoms with Gasteiger partial charge in [0, 0.05) is 46.0 Å². The summed E-state index contributed by atoms with van der Waals surface area (Å²) in [6, 6.07) is 10.4. The highest BCUT2D eigenvalue weighted by Gasteiger charge is 2.13. The topological polar surface area (TPSA) is 79.6 Å². The summed E-state index contributed by atoms with van der Waals surface area (Å²) < 4.78 is 7.84. The molecule has 0 amide bonds. The van der Waals surface area contributed by atoms with Gasteiger partial charge in [0.25, 0.3) is 0 Å². The molecule has 0 saturated carbocycles. The van der Waals surface area contributed by atoms with Crippen LogP contribution in [0.4, 0.5) is 5.69 Å². The van der Waals surface area contributed by atoms with E-state index in [0.717, 1.165) is 56.7 Å². The van der Waals surface area contributed by atoms with E-state index in [0.29, 0.717) is 12.5 Å². The second kappa shape index (κ2) is 13.7. The largest absolute Gasteiger partial charge is 0.378 e. The van der Waals surface area contributed by atoms with E-state index in [2.05, 4.69) is 70.9 Å². The number of hydrogen-bond donors (Lipinski definition) is 2. The monoisotopic (exact) mass is 443 g/mol. The fourth-order valence-electron chi connectivity index (χ4n) is 3.40. The Morgan fingerprint density at radius 1 is 1.16 bits per heavy atom. The summed E-state index contributed by atoms with van der Waals surface area (Å²) >= 11 is 0. The molecule has 1 unspecified atom stereocenters. The van der Waals surface area contributed by atoms with Crippen LogP contribution in [0.5, 0.6) is 0 Å². The summed E-state index contributed by atoms with van der Waals surface area (Å²) in [7, 11) is 4.09. The number of ether oxygens (including phenoxy) is 1. The molecule has 0 spiro atoms. The molecule has 2 rings (SSSR count). The molecule has 0 saturated heterocycles. The smallest absolute Gasteiger partial charge is 0.191 e. The number of aryl methyl sites for hydroxylation is 1. The van der Waals surface area contributed by atoms with E-state index in [4.69, 9.17) is 9.73 Å². The lowest BCUT2D eigenvalue weighted by Gasteiger charge is -2.22. The van der Waals surface area contributed by atoms with Crippen LogP contribution in [0.3, 0.4) is 0 Å². The van der Waals surface area contributed by atoms with Gasteiger partial charge in [0.1, 0.15) is 12.4 Å². The average molecular weight is 444 g/mol. The second-order valence-electron chi connectivity index (χ2n) is 8.38. The molecule has 8 heteroatoms. The quantitative estimate of drug-likeness (QED) is 0.281. The van der Waals surface area contributed by atoms with Gasteiger partial charge < -0.3 is 24.8 Å². The Kier molecular flexibility index (Phi) is 11.0. The first-order chi connectivity index (χ1) is 15.4. The lowest BCUT2D eigenvalue weighted by atomic mass is 10.0. The lowest BCUT2D eigenvalue weighted by molar-refractivity contribution is 0.0258. The molecular weight excluding hydrogens is 402 g/mol. The standard InChI is InChI=1S/C24H41N7O/c1-7-32-22(19(2)3)14-16-26-24(27-18-23-29-28-20(4)31(23)6)25-15-11-17-30(5)21-12-9-8-10-13-21/h8-10,12-13,19,22H,7,11,14-18H2,1-6H3,(H2,25,26,27). The molecule has 2 N–H and O–H groups in total. The van der Waals surface area contributed by atoms with Crippen molar-refractivity contribution in [1.29, 1.82) is 0 Å². The van der Waals surface area contributed by atoms with E-state index >= 15 is 0 Å². The van der Waals surface area contributed by atoms with E-state index in [1.165, 1.54) is 5.69 Å². The van der Waals surface area contributed by atoms with Gasteiger partial charge in [0.2, 0.25) is 0 Å². The Hall–Kier alpha value is -2.61. The second-order valence-corrected chi connectivity index (χ2v) is 8.38. The zero-order valence-corrected chi connectivity index (χ0v) is 20.6. The maximum atomic E-state index is 5.87. The zero-order chi connectivity index (χ0) is 23.3. The number of nitrogens with one attached hydrogen (secondary N) is 2. The first-order valence-electron chi connectivity index (χ1n) is 11.7. The summed E-state index contributed by atoms with van der Waals surface area (Å²) in [6.07, 6.45) is 2.18. The van der Waals surface area contributed by atoms with Crippen LogP contribution in [-0.4, -0.2) is 60.1 Å². The van der Waals surface area contributed by atoms with Gasteiger partial charge >= 0.3 is 0 Å². The zero-order valence-electron chi connectivity index (χ0n) is 20.6. The predicted octanol–water partition coefficient (Wildman–Crippen LogP) is 3.14. The molecule has 0 aliphatic rings. The molecule has 178 valence electrons. The molecule has 0 radical (unpaired) electrons. The molecule has 0 bridgehead atoms. The minimum absolute atomic E-state index is 0.245. The summed E-state index contributed by atoms with van der Waals surface area (Å²) in [5, 5.41) is 15.3. The van der Waals surface area contributed by atoms with Crippen molar-refractivity contribution in [3.63, 3.8) is 0 Å². The molecule has 1 atom stereocenters. The third-order valence-corrected chi connectivity index (χ3v) is 5.57. The Morgan fingerprint density at radius 2 is 1.88 bits per heavy atom. The molecule has 8 nitrogen and oxygen atoms in total. The predicted molar refractivity (Wildman–Crippen MR) is 132 cm³/mol. The lowest BCUT2D eigenvalue weighted by Crippen LogP contribution is -2.40. The highest BCUT2D eigenvalue weighted by Crippen LogP contribution is 2.11. The van der Waals surface area contributed by atoms with Gasteiger partial charge in [0.15, 0.2) is 11.8 Å². The van der Waals surface area contributed by atoms with E-state index in [1.807, 2.05) is 31.5 Å². The van der Waals surface area contributed by atoms with E-state index in [1.54, 1.807) is 0 Å². The van der Waals surface area contributed by atoms with Gasteiger partial charge in [-0.15, -0.1) is 10.2 Å². The van der Waals surface area contributed by atoms with Gasteiger partial charge in [-0.25, -0.2) is 4.99 Å². The SMILES string of the molecule is CCOC(CCNC(=NCc1nnc(C)n1C)NCCCN(C)c1ccccc1)C(C)C. The number of rotatable bonds is 13. The van der Waals surface area contributed by atoms with Crippen LogP contribution in [0.2, 0.25) is 0 Å². The number of aromatic nitrogens is 3. The van der Waals surface area contributed by atoms with E-state index < -0.39 is 0 Å². The molecule has 1 heterocycles. The Morgan fingerprint density at radius 3 is 2.50 bits per heavy atom. The molecule has 0 fully saturated rings. The highest BCUT2D eigenvalue weighted by molar-refractivity contribution is 5.79. The molecular formula is C24H41N7O. The van der Waals surface area contributed by atoms with Gasteiger partial charge in [-0.2, -0.15) is 0 Å². The Labute approximate surface area is 193 Å².